The molecule has 0 radical (unpaired) electrons. The zero-order chi connectivity index (χ0) is 12.3. The number of nitriles is 1. The van der Waals surface area contributed by atoms with Crippen LogP contribution in [-0.4, -0.2) is 26.8 Å². The molecule has 1 saturated heterocycles. The van der Waals surface area contributed by atoms with Gasteiger partial charge in [-0.15, -0.1) is 0 Å². The van der Waals surface area contributed by atoms with Crippen molar-refractivity contribution in [3.8, 4) is 6.07 Å². The zero-order valence-corrected chi connectivity index (χ0v) is 11.4. The van der Waals surface area contributed by atoms with E-state index in [1.165, 1.54) is 0 Å². The van der Waals surface area contributed by atoms with Crippen LogP contribution in [0.4, 0.5) is 5.69 Å². The maximum absolute atomic E-state index is 9.12. The van der Waals surface area contributed by atoms with Crippen LogP contribution in [0.2, 0.25) is 0 Å². The molecule has 0 aromatic heterocycles. The Kier molecular flexibility index (Phi) is 4.03. The third-order valence-corrected chi connectivity index (χ3v) is 3.60. The van der Waals surface area contributed by atoms with Gasteiger partial charge in [0.1, 0.15) is 6.07 Å². The van der Waals surface area contributed by atoms with Crippen LogP contribution >= 0.6 is 15.9 Å². The fraction of sp³-hybridized carbons (Fsp3) is 0.462. The van der Waals surface area contributed by atoms with Crippen LogP contribution in [0.1, 0.15) is 12.0 Å². The molecule has 1 heterocycles. The molecule has 17 heavy (non-hydrogen) atoms. The number of anilines is 1. The Bertz CT molecular complexity index is 442. The smallest absolute Gasteiger partial charge is 0.101 e. The van der Waals surface area contributed by atoms with Crippen molar-refractivity contribution in [2.45, 2.75) is 6.42 Å². The molecular weight excluding hydrogens is 280 g/mol. The summed E-state index contributed by atoms with van der Waals surface area (Å²) in [5.74, 6) is 0.575. The number of rotatable bonds is 3. The van der Waals surface area contributed by atoms with Gasteiger partial charge in [0.05, 0.1) is 17.9 Å². The molecule has 1 aliphatic heterocycles. The molecule has 0 N–H and O–H groups in total. The van der Waals surface area contributed by atoms with E-state index in [1.54, 1.807) is 7.11 Å². The van der Waals surface area contributed by atoms with Crippen LogP contribution in [-0.2, 0) is 4.74 Å². The summed E-state index contributed by atoms with van der Waals surface area (Å²) in [6.07, 6.45) is 1.13. The lowest BCUT2D eigenvalue weighted by Gasteiger charge is -2.20. The SMILES string of the molecule is COCC1CCN(c2cc(Br)ccc2C#N)C1. The van der Waals surface area contributed by atoms with Gasteiger partial charge in [-0.3, -0.25) is 0 Å². The van der Waals surface area contributed by atoms with Gasteiger partial charge in [0.2, 0.25) is 0 Å². The van der Waals surface area contributed by atoms with Gasteiger partial charge in [-0.25, -0.2) is 0 Å². The van der Waals surface area contributed by atoms with Crippen LogP contribution < -0.4 is 4.90 Å². The van der Waals surface area contributed by atoms with Crippen molar-refractivity contribution in [2.24, 2.45) is 5.92 Å². The van der Waals surface area contributed by atoms with E-state index in [1.807, 2.05) is 18.2 Å². The Balaban J connectivity index is 2.18. The summed E-state index contributed by atoms with van der Waals surface area (Å²) < 4.78 is 6.20. The molecule has 0 spiro atoms. The van der Waals surface area contributed by atoms with E-state index >= 15 is 0 Å². The minimum atomic E-state index is 0.575. The molecule has 0 bridgehead atoms. The van der Waals surface area contributed by atoms with Gasteiger partial charge < -0.3 is 9.64 Å². The lowest BCUT2D eigenvalue weighted by molar-refractivity contribution is 0.161. The number of hydrogen-bond acceptors (Lipinski definition) is 3. The highest BCUT2D eigenvalue weighted by Crippen LogP contribution is 2.29. The Morgan fingerprint density at radius 1 is 1.59 bits per heavy atom. The molecule has 3 nitrogen and oxygen atoms in total. The van der Waals surface area contributed by atoms with Crippen molar-refractivity contribution in [1.29, 1.82) is 5.26 Å². The number of halogens is 1. The molecule has 1 atom stereocenters. The number of benzene rings is 1. The van der Waals surface area contributed by atoms with Crippen LogP contribution in [0.25, 0.3) is 0 Å². The third-order valence-electron chi connectivity index (χ3n) is 3.11. The Hall–Kier alpha value is -1.05. The van der Waals surface area contributed by atoms with Crippen LogP contribution in [0.5, 0.6) is 0 Å². The second-order valence-electron chi connectivity index (χ2n) is 4.33. The Labute approximate surface area is 110 Å². The molecule has 90 valence electrons. The van der Waals surface area contributed by atoms with E-state index in [2.05, 4.69) is 26.9 Å². The quantitative estimate of drug-likeness (QED) is 0.860. The topological polar surface area (TPSA) is 36.3 Å². The third kappa shape index (κ3) is 2.80. The van der Waals surface area contributed by atoms with E-state index in [4.69, 9.17) is 10.00 Å². The van der Waals surface area contributed by atoms with Gasteiger partial charge >= 0.3 is 0 Å². The highest BCUT2D eigenvalue weighted by Gasteiger charge is 2.24. The summed E-state index contributed by atoms with van der Waals surface area (Å²) in [5, 5.41) is 9.12. The lowest BCUT2D eigenvalue weighted by atomic mass is 10.1. The van der Waals surface area contributed by atoms with Gasteiger partial charge in [0, 0.05) is 30.6 Å². The van der Waals surface area contributed by atoms with Gasteiger partial charge in [-0.1, -0.05) is 15.9 Å². The minimum absolute atomic E-state index is 0.575. The van der Waals surface area contributed by atoms with Gasteiger partial charge in [0.15, 0.2) is 0 Å². The molecular formula is C13H15BrN2O. The van der Waals surface area contributed by atoms with E-state index < -0.39 is 0 Å². The molecule has 1 aromatic carbocycles. The highest BCUT2D eigenvalue weighted by atomic mass is 79.9. The zero-order valence-electron chi connectivity index (χ0n) is 9.82. The monoisotopic (exact) mass is 294 g/mol. The Morgan fingerprint density at radius 3 is 3.12 bits per heavy atom. The minimum Gasteiger partial charge on any atom is -0.384 e. The largest absolute Gasteiger partial charge is 0.384 e. The summed E-state index contributed by atoms with van der Waals surface area (Å²) in [7, 11) is 1.74. The first kappa shape index (κ1) is 12.4. The standard InChI is InChI=1S/C13H15BrN2O/c1-17-9-10-4-5-16(8-10)13-6-12(14)3-2-11(13)7-15/h2-3,6,10H,4-5,8-9H2,1H3. The fourth-order valence-corrected chi connectivity index (χ4v) is 2.63. The number of methoxy groups -OCH3 is 1. The van der Waals surface area contributed by atoms with E-state index in [0.717, 1.165) is 41.8 Å². The van der Waals surface area contributed by atoms with Crippen LogP contribution in [0, 0.1) is 17.2 Å². The molecule has 0 amide bonds. The molecule has 1 unspecified atom stereocenters. The Morgan fingerprint density at radius 2 is 2.41 bits per heavy atom. The van der Waals surface area contributed by atoms with Gasteiger partial charge in [-0.2, -0.15) is 5.26 Å². The van der Waals surface area contributed by atoms with Crippen molar-refractivity contribution in [3.05, 3.63) is 28.2 Å². The van der Waals surface area contributed by atoms with Crippen molar-refractivity contribution >= 4 is 21.6 Å². The van der Waals surface area contributed by atoms with Crippen molar-refractivity contribution in [2.75, 3.05) is 31.7 Å². The average molecular weight is 295 g/mol. The second kappa shape index (κ2) is 5.52. The predicted octanol–water partition coefficient (Wildman–Crippen LogP) is 2.79. The van der Waals surface area contributed by atoms with Crippen LogP contribution in [0.15, 0.2) is 22.7 Å². The van der Waals surface area contributed by atoms with E-state index in [-0.39, 0.29) is 0 Å². The lowest BCUT2D eigenvalue weighted by Crippen LogP contribution is -2.21. The first-order valence-electron chi connectivity index (χ1n) is 5.68. The number of ether oxygens (including phenoxy) is 1. The first-order valence-corrected chi connectivity index (χ1v) is 6.47. The molecule has 0 saturated carbocycles. The summed E-state index contributed by atoms with van der Waals surface area (Å²) in [6.45, 7) is 2.77. The summed E-state index contributed by atoms with van der Waals surface area (Å²) in [5.41, 5.74) is 1.77. The summed E-state index contributed by atoms with van der Waals surface area (Å²) >= 11 is 3.46. The molecule has 0 aliphatic carbocycles. The second-order valence-corrected chi connectivity index (χ2v) is 5.25. The van der Waals surface area contributed by atoms with Crippen molar-refractivity contribution in [1.82, 2.24) is 0 Å². The maximum Gasteiger partial charge on any atom is 0.101 e. The van der Waals surface area contributed by atoms with Gasteiger partial charge in [0.25, 0.3) is 0 Å². The number of nitrogens with zero attached hydrogens (tertiary/aromatic N) is 2. The van der Waals surface area contributed by atoms with E-state index in [0.29, 0.717) is 5.92 Å². The normalized spacial score (nSPS) is 19.4. The summed E-state index contributed by atoms with van der Waals surface area (Å²) in [6, 6.07) is 8.05. The fourth-order valence-electron chi connectivity index (χ4n) is 2.28. The van der Waals surface area contributed by atoms with Crippen molar-refractivity contribution in [3.63, 3.8) is 0 Å². The molecule has 4 heteroatoms. The molecule has 1 aliphatic rings. The highest BCUT2D eigenvalue weighted by molar-refractivity contribution is 9.10. The van der Waals surface area contributed by atoms with Gasteiger partial charge in [-0.05, 0) is 24.6 Å². The van der Waals surface area contributed by atoms with E-state index in [9.17, 15) is 0 Å². The average Bonchev–Trinajstić information content (AvgIpc) is 2.78. The maximum atomic E-state index is 9.12. The molecule has 1 aromatic rings. The molecule has 2 rings (SSSR count). The summed E-state index contributed by atoms with van der Waals surface area (Å²) in [4.78, 5) is 2.27. The number of hydrogen-bond donors (Lipinski definition) is 0. The predicted molar refractivity (Wildman–Crippen MR) is 71.1 cm³/mol. The first-order chi connectivity index (χ1) is 8.24. The molecule has 1 fully saturated rings. The van der Waals surface area contributed by atoms with Crippen LogP contribution in [0.3, 0.4) is 0 Å². The van der Waals surface area contributed by atoms with Crippen molar-refractivity contribution < 1.29 is 4.74 Å².